The molecule has 0 saturated carbocycles. The number of ether oxygens (including phenoxy) is 1. The van der Waals surface area contributed by atoms with Crippen molar-refractivity contribution in [1.82, 2.24) is 5.01 Å². The molecule has 0 aromatic heterocycles. The Kier molecular flexibility index (Phi) is 5.25. The Balaban J connectivity index is 1.39. The van der Waals surface area contributed by atoms with Crippen molar-refractivity contribution in [2.75, 3.05) is 6.54 Å². The molecule has 6 heteroatoms. The molecule has 0 unspecified atom stereocenters. The molecular weight excluding hydrogens is 344 g/mol. The summed E-state index contributed by atoms with van der Waals surface area (Å²) in [5, 5.41) is 15.1. The first-order valence-corrected chi connectivity index (χ1v) is 9.94. The van der Waals surface area contributed by atoms with Crippen LogP contribution in [0.3, 0.4) is 0 Å². The zero-order valence-corrected chi connectivity index (χ0v) is 15.4. The third-order valence-corrected chi connectivity index (χ3v) is 6.13. The SMILES string of the molecule is O=C(O)c1ccc(CC[C@H]2[C@H](C=NN3CCCCC3=O)[C@@H]3CC[C@H]2O3)cc1. The molecule has 0 spiro atoms. The first-order chi connectivity index (χ1) is 13.1. The van der Waals surface area contributed by atoms with Crippen LogP contribution in [0.2, 0.25) is 0 Å². The van der Waals surface area contributed by atoms with Crippen LogP contribution in [-0.2, 0) is 16.0 Å². The van der Waals surface area contributed by atoms with Crippen LogP contribution in [0.5, 0.6) is 0 Å². The average molecular weight is 370 g/mol. The van der Waals surface area contributed by atoms with Crippen LogP contribution in [0.4, 0.5) is 0 Å². The summed E-state index contributed by atoms with van der Waals surface area (Å²) in [4.78, 5) is 22.9. The van der Waals surface area contributed by atoms with Gasteiger partial charge in [0.1, 0.15) is 0 Å². The Labute approximate surface area is 159 Å². The first-order valence-electron chi connectivity index (χ1n) is 9.94. The van der Waals surface area contributed by atoms with E-state index in [1.807, 2.05) is 18.3 Å². The predicted octanol–water partition coefficient (Wildman–Crippen LogP) is 3.11. The predicted molar refractivity (Wildman–Crippen MR) is 101 cm³/mol. The summed E-state index contributed by atoms with van der Waals surface area (Å²) in [6, 6.07) is 7.12. The van der Waals surface area contributed by atoms with Crippen molar-refractivity contribution in [2.45, 2.75) is 57.2 Å². The van der Waals surface area contributed by atoms with Gasteiger partial charge in [-0.3, -0.25) is 4.79 Å². The van der Waals surface area contributed by atoms with Gasteiger partial charge in [-0.15, -0.1) is 0 Å². The third-order valence-electron chi connectivity index (χ3n) is 6.13. The van der Waals surface area contributed by atoms with E-state index in [1.165, 1.54) is 0 Å². The van der Waals surface area contributed by atoms with E-state index in [9.17, 15) is 9.59 Å². The smallest absolute Gasteiger partial charge is 0.335 e. The maximum Gasteiger partial charge on any atom is 0.335 e. The van der Waals surface area contributed by atoms with E-state index in [1.54, 1.807) is 17.1 Å². The Hall–Kier alpha value is -2.21. The number of carboxylic acids is 1. The monoisotopic (exact) mass is 370 g/mol. The topological polar surface area (TPSA) is 79.2 Å². The highest BCUT2D eigenvalue weighted by Gasteiger charge is 2.47. The van der Waals surface area contributed by atoms with Gasteiger partial charge in [0.05, 0.1) is 17.8 Å². The number of hydrogen-bond acceptors (Lipinski definition) is 4. The van der Waals surface area contributed by atoms with Crippen LogP contribution >= 0.6 is 0 Å². The maximum absolute atomic E-state index is 12.0. The lowest BCUT2D eigenvalue weighted by molar-refractivity contribution is -0.133. The van der Waals surface area contributed by atoms with E-state index >= 15 is 0 Å². The van der Waals surface area contributed by atoms with Crippen LogP contribution in [0.15, 0.2) is 29.4 Å². The highest BCUT2D eigenvalue weighted by atomic mass is 16.5. The van der Waals surface area contributed by atoms with Gasteiger partial charge in [0.25, 0.3) is 0 Å². The number of carbonyl (C=O) groups excluding carboxylic acids is 1. The average Bonchev–Trinajstić information content (AvgIpc) is 3.27. The Bertz CT molecular complexity index is 730. The third kappa shape index (κ3) is 3.90. The number of aromatic carboxylic acids is 1. The van der Waals surface area contributed by atoms with Crippen LogP contribution < -0.4 is 0 Å². The van der Waals surface area contributed by atoms with Gasteiger partial charge in [-0.25, -0.2) is 9.80 Å². The van der Waals surface area contributed by atoms with Gasteiger partial charge in [0, 0.05) is 25.1 Å². The van der Waals surface area contributed by atoms with Gasteiger partial charge in [-0.2, -0.15) is 5.10 Å². The highest BCUT2D eigenvalue weighted by Crippen LogP contribution is 2.44. The van der Waals surface area contributed by atoms with Crippen molar-refractivity contribution in [1.29, 1.82) is 0 Å². The Morgan fingerprint density at radius 1 is 1.22 bits per heavy atom. The summed E-state index contributed by atoms with van der Waals surface area (Å²) >= 11 is 0. The van der Waals surface area contributed by atoms with Gasteiger partial charge in [0.15, 0.2) is 0 Å². The number of carbonyl (C=O) groups is 2. The highest BCUT2D eigenvalue weighted by molar-refractivity contribution is 5.87. The minimum Gasteiger partial charge on any atom is -0.478 e. The number of benzene rings is 1. The van der Waals surface area contributed by atoms with Gasteiger partial charge < -0.3 is 9.84 Å². The number of amides is 1. The fourth-order valence-electron chi connectivity index (χ4n) is 4.61. The van der Waals surface area contributed by atoms with Gasteiger partial charge in [-0.05, 0) is 62.1 Å². The Morgan fingerprint density at radius 2 is 2.00 bits per heavy atom. The van der Waals surface area contributed by atoms with E-state index < -0.39 is 5.97 Å². The lowest BCUT2D eigenvalue weighted by Gasteiger charge is -2.27. The van der Waals surface area contributed by atoms with Gasteiger partial charge >= 0.3 is 5.97 Å². The normalized spacial score (nSPS) is 30.4. The van der Waals surface area contributed by atoms with Crippen LogP contribution in [0, 0.1) is 11.8 Å². The lowest BCUT2D eigenvalue weighted by atomic mass is 9.77. The van der Waals surface area contributed by atoms with Crippen LogP contribution in [0.1, 0.15) is 54.4 Å². The van der Waals surface area contributed by atoms with Gasteiger partial charge in [0.2, 0.25) is 5.91 Å². The first kappa shape index (κ1) is 18.2. The molecule has 3 aliphatic heterocycles. The Morgan fingerprint density at radius 3 is 2.74 bits per heavy atom. The molecule has 4 atom stereocenters. The zero-order valence-electron chi connectivity index (χ0n) is 15.4. The summed E-state index contributed by atoms with van der Waals surface area (Å²) in [5.41, 5.74) is 1.46. The van der Waals surface area contributed by atoms with E-state index in [0.717, 1.165) is 50.6 Å². The van der Waals surface area contributed by atoms with Crippen molar-refractivity contribution < 1.29 is 19.4 Å². The number of fused-ring (bicyclic) bond motifs is 2. The molecule has 3 fully saturated rings. The number of nitrogens with zero attached hydrogens (tertiary/aromatic N) is 2. The molecule has 1 N–H and O–H groups in total. The summed E-state index contributed by atoms with van der Waals surface area (Å²) in [5.74, 6) is -0.105. The van der Waals surface area contributed by atoms with Crippen molar-refractivity contribution >= 4 is 18.1 Å². The van der Waals surface area contributed by atoms with E-state index in [2.05, 4.69) is 5.10 Å². The second kappa shape index (κ2) is 7.80. The number of rotatable bonds is 6. The van der Waals surface area contributed by atoms with Crippen molar-refractivity contribution in [3.63, 3.8) is 0 Å². The molecule has 2 bridgehead atoms. The number of hydrogen-bond donors (Lipinski definition) is 1. The standard InChI is InChI=1S/C21H26N2O4/c24-20-3-1-2-12-23(20)22-13-17-16(18-10-11-19(17)27-18)9-6-14-4-7-15(8-5-14)21(25)26/h4-5,7-8,13,16-19H,1-3,6,9-12H2,(H,25,26)/t16-,17-,18+,19-/m0/s1. The summed E-state index contributed by atoms with van der Waals surface area (Å²) in [7, 11) is 0. The number of piperidine rings is 1. The zero-order chi connectivity index (χ0) is 18.8. The van der Waals surface area contributed by atoms with E-state index in [-0.39, 0.29) is 24.0 Å². The van der Waals surface area contributed by atoms with Gasteiger partial charge in [-0.1, -0.05) is 12.1 Å². The molecule has 3 saturated heterocycles. The molecule has 0 aliphatic carbocycles. The van der Waals surface area contributed by atoms with Crippen molar-refractivity contribution in [3.8, 4) is 0 Å². The minimum absolute atomic E-state index is 0.122. The van der Waals surface area contributed by atoms with Crippen molar-refractivity contribution in [3.05, 3.63) is 35.4 Å². The summed E-state index contributed by atoms with van der Waals surface area (Å²) in [6.07, 6.45) is 9.09. The molecule has 0 radical (unpaired) electrons. The quantitative estimate of drug-likeness (QED) is 0.781. The minimum atomic E-state index is -0.897. The second-order valence-electron chi connectivity index (χ2n) is 7.81. The molecule has 3 aliphatic rings. The van der Waals surface area contributed by atoms with Crippen LogP contribution in [-0.4, -0.2) is 47.0 Å². The molecular formula is C21H26N2O4. The second-order valence-corrected chi connectivity index (χ2v) is 7.81. The summed E-state index contributed by atoms with van der Waals surface area (Å²) in [6.45, 7) is 0.720. The van der Waals surface area contributed by atoms with Crippen molar-refractivity contribution in [2.24, 2.45) is 16.9 Å². The number of hydrazone groups is 1. The van der Waals surface area contributed by atoms with E-state index in [4.69, 9.17) is 9.84 Å². The molecule has 3 heterocycles. The molecule has 1 amide bonds. The van der Waals surface area contributed by atoms with Crippen LogP contribution in [0.25, 0.3) is 0 Å². The summed E-state index contributed by atoms with van der Waals surface area (Å²) < 4.78 is 6.13. The fraction of sp³-hybridized carbons (Fsp3) is 0.571. The molecule has 1 aromatic carbocycles. The molecule has 27 heavy (non-hydrogen) atoms. The molecule has 6 nitrogen and oxygen atoms in total. The lowest BCUT2D eigenvalue weighted by Crippen LogP contribution is -2.33. The molecule has 4 rings (SSSR count). The fourth-order valence-corrected chi connectivity index (χ4v) is 4.61. The van der Waals surface area contributed by atoms with E-state index in [0.29, 0.717) is 17.9 Å². The number of carboxylic acid groups (broad SMARTS) is 1. The largest absolute Gasteiger partial charge is 0.478 e. The number of aryl methyl sites for hydroxylation is 1. The molecule has 144 valence electrons. The maximum atomic E-state index is 12.0. The molecule has 1 aromatic rings.